The lowest BCUT2D eigenvalue weighted by Gasteiger charge is -2.44. The summed E-state index contributed by atoms with van der Waals surface area (Å²) in [5.74, 6) is 0.260. The number of hydrogen-bond acceptors (Lipinski definition) is 3. The summed E-state index contributed by atoms with van der Waals surface area (Å²) in [7, 11) is 3.67. The lowest BCUT2D eigenvalue weighted by atomic mass is 9.78. The summed E-state index contributed by atoms with van der Waals surface area (Å²) in [6, 6.07) is 15.5. The Balaban J connectivity index is 1.69. The number of rotatable bonds is 5. The van der Waals surface area contributed by atoms with Crippen LogP contribution < -0.4 is 0 Å². The number of para-hydroxylation sites is 1. The second-order valence-corrected chi connectivity index (χ2v) is 9.72. The Morgan fingerprint density at radius 3 is 2.50 bits per heavy atom. The van der Waals surface area contributed by atoms with Gasteiger partial charge in [0, 0.05) is 62.0 Å². The first-order chi connectivity index (χ1) is 16.5. The number of amides is 2. The van der Waals surface area contributed by atoms with E-state index in [1.54, 1.807) is 7.11 Å². The number of hydrogen-bond donors (Lipinski definition) is 0. The molecule has 6 heteroatoms. The number of carbonyl (C=O) groups excluding carboxylic acids is 2. The van der Waals surface area contributed by atoms with Crippen LogP contribution in [0.15, 0.2) is 54.7 Å². The van der Waals surface area contributed by atoms with E-state index in [-0.39, 0.29) is 11.8 Å². The Morgan fingerprint density at radius 1 is 1.03 bits per heavy atom. The van der Waals surface area contributed by atoms with Crippen molar-refractivity contribution in [2.45, 2.75) is 31.7 Å². The van der Waals surface area contributed by atoms with Crippen molar-refractivity contribution in [3.8, 4) is 0 Å². The highest BCUT2D eigenvalue weighted by Gasteiger charge is 2.46. The summed E-state index contributed by atoms with van der Waals surface area (Å²) in [4.78, 5) is 31.9. The monoisotopic (exact) mass is 459 g/mol. The Hall–Kier alpha value is -3.12. The van der Waals surface area contributed by atoms with Crippen molar-refractivity contribution >= 4 is 22.7 Å². The second kappa shape index (κ2) is 9.26. The fraction of sp³-hybridized carbons (Fsp3) is 0.429. The van der Waals surface area contributed by atoms with Crippen LogP contribution in [0.4, 0.5) is 0 Å². The summed E-state index contributed by atoms with van der Waals surface area (Å²) in [5, 5.41) is 1.08. The Bertz CT molecular complexity index is 1210. The molecule has 1 fully saturated rings. The molecule has 6 nitrogen and oxygen atoms in total. The molecule has 0 unspecified atom stereocenters. The molecule has 178 valence electrons. The third-order valence-electron chi connectivity index (χ3n) is 7.58. The van der Waals surface area contributed by atoms with Gasteiger partial charge in [-0.05, 0) is 36.5 Å². The molecule has 0 aliphatic carbocycles. The zero-order chi connectivity index (χ0) is 23.8. The molecule has 0 N–H and O–H groups in total. The minimum Gasteiger partial charge on any atom is -0.383 e. The summed E-state index contributed by atoms with van der Waals surface area (Å²) in [6.45, 7) is 4.64. The van der Waals surface area contributed by atoms with Crippen LogP contribution >= 0.6 is 0 Å². The van der Waals surface area contributed by atoms with E-state index in [1.807, 2.05) is 53.2 Å². The zero-order valence-electron chi connectivity index (χ0n) is 20.2. The summed E-state index contributed by atoms with van der Waals surface area (Å²) < 4.78 is 7.48. The van der Waals surface area contributed by atoms with E-state index >= 15 is 0 Å². The molecule has 3 heterocycles. The lowest BCUT2D eigenvalue weighted by Crippen LogP contribution is -2.50. The van der Waals surface area contributed by atoms with E-state index in [2.05, 4.69) is 29.8 Å². The van der Waals surface area contributed by atoms with E-state index in [0.29, 0.717) is 24.6 Å². The van der Waals surface area contributed by atoms with Gasteiger partial charge in [0.15, 0.2) is 0 Å². The van der Waals surface area contributed by atoms with Gasteiger partial charge in [0.05, 0.1) is 18.6 Å². The maximum absolute atomic E-state index is 14.2. The first-order valence-corrected chi connectivity index (χ1v) is 12.2. The standard InChI is InChI=1S/C28H33N3O3/c1-19-12-14-30(15-13-19)28(33)25-21-9-4-5-10-22(21)27(32)31(16-17-34-3)26(25)23-18-29(2)24-11-7-6-8-20(23)24/h4-11,18-19,25-26H,12-17H2,1-3H3/t25-,26+/m1/s1. The molecule has 34 heavy (non-hydrogen) atoms. The maximum Gasteiger partial charge on any atom is 0.254 e. The van der Waals surface area contributed by atoms with Gasteiger partial charge in [0.1, 0.15) is 0 Å². The topological polar surface area (TPSA) is 54.8 Å². The van der Waals surface area contributed by atoms with Gasteiger partial charge in [-0.2, -0.15) is 0 Å². The molecular formula is C28H33N3O3. The molecule has 5 rings (SSSR count). The smallest absolute Gasteiger partial charge is 0.254 e. The van der Waals surface area contributed by atoms with Gasteiger partial charge in [-0.25, -0.2) is 0 Å². The molecule has 0 spiro atoms. The summed E-state index contributed by atoms with van der Waals surface area (Å²) in [6.07, 6.45) is 4.13. The molecule has 2 aliphatic heterocycles. The van der Waals surface area contributed by atoms with Crippen molar-refractivity contribution in [2.24, 2.45) is 13.0 Å². The number of carbonyl (C=O) groups is 2. The number of nitrogens with zero attached hydrogens (tertiary/aromatic N) is 3. The first kappa shape index (κ1) is 22.7. The minimum absolute atomic E-state index is 0.0399. The first-order valence-electron chi connectivity index (χ1n) is 12.2. The summed E-state index contributed by atoms with van der Waals surface area (Å²) in [5.41, 5.74) is 3.57. The van der Waals surface area contributed by atoms with Crippen molar-refractivity contribution in [1.29, 1.82) is 0 Å². The fourth-order valence-electron chi connectivity index (χ4n) is 5.67. The molecule has 2 atom stereocenters. The molecule has 1 aromatic heterocycles. The highest BCUT2D eigenvalue weighted by atomic mass is 16.5. The molecule has 3 aromatic rings. The molecular weight excluding hydrogens is 426 g/mol. The molecule has 2 aromatic carbocycles. The predicted molar refractivity (Wildman–Crippen MR) is 133 cm³/mol. The quantitative estimate of drug-likeness (QED) is 0.570. The number of methoxy groups -OCH3 is 1. The normalized spacial score (nSPS) is 21.2. The van der Waals surface area contributed by atoms with E-state index in [4.69, 9.17) is 4.74 Å². The van der Waals surface area contributed by atoms with E-state index in [0.717, 1.165) is 48.0 Å². The van der Waals surface area contributed by atoms with Crippen molar-refractivity contribution in [2.75, 3.05) is 33.4 Å². The van der Waals surface area contributed by atoms with Crippen molar-refractivity contribution in [3.05, 3.63) is 71.4 Å². The highest BCUT2D eigenvalue weighted by molar-refractivity contribution is 6.02. The van der Waals surface area contributed by atoms with Crippen LogP contribution in [-0.2, 0) is 16.6 Å². The summed E-state index contributed by atoms with van der Waals surface area (Å²) >= 11 is 0. The van der Waals surface area contributed by atoms with Gasteiger partial charge in [-0.1, -0.05) is 43.3 Å². The average Bonchev–Trinajstić information content (AvgIpc) is 3.19. The Labute approximate surface area is 201 Å². The van der Waals surface area contributed by atoms with Gasteiger partial charge < -0.3 is 19.1 Å². The van der Waals surface area contributed by atoms with Crippen LogP contribution in [-0.4, -0.2) is 59.5 Å². The molecule has 1 saturated heterocycles. The van der Waals surface area contributed by atoms with Gasteiger partial charge in [-0.15, -0.1) is 0 Å². The molecule has 0 bridgehead atoms. The number of likely N-dealkylation sites (tertiary alicyclic amines) is 1. The van der Waals surface area contributed by atoms with Crippen LogP contribution in [0.1, 0.15) is 53.2 Å². The van der Waals surface area contributed by atoms with Crippen LogP contribution in [0, 0.1) is 5.92 Å². The van der Waals surface area contributed by atoms with Crippen LogP contribution in [0.3, 0.4) is 0 Å². The maximum atomic E-state index is 14.2. The van der Waals surface area contributed by atoms with Gasteiger partial charge in [-0.3, -0.25) is 9.59 Å². The predicted octanol–water partition coefficient (Wildman–Crippen LogP) is 4.36. The van der Waals surface area contributed by atoms with Crippen molar-refractivity contribution < 1.29 is 14.3 Å². The Morgan fingerprint density at radius 2 is 1.74 bits per heavy atom. The van der Waals surface area contributed by atoms with Gasteiger partial charge in [0.2, 0.25) is 5.91 Å². The zero-order valence-corrected chi connectivity index (χ0v) is 20.2. The van der Waals surface area contributed by atoms with Gasteiger partial charge >= 0.3 is 0 Å². The molecule has 0 radical (unpaired) electrons. The largest absolute Gasteiger partial charge is 0.383 e. The molecule has 0 saturated carbocycles. The number of ether oxygens (including phenoxy) is 1. The molecule has 2 aliphatic rings. The fourth-order valence-corrected chi connectivity index (χ4v) is 5.67. The number of fused-ring (bicyclic) bond motifs is 2. The highest BCUT2D eigenvalue weighted by Crippen LogP contribution is 2.46. The SMILES string of the molecule is COCCN1C(=O)c2ccccc2[C@@H](C(=O)N2CCC(C)CC2)[C@@H]1c1cn(C)c2ccccc12. The number of benzene rings is 2. The van der Waals surface area contributed by atoms with Crippen LogP contribution in [0.2, 0.25) is 0 Å². The van der Waals surface area contributed by atoms with E-state index < -0.39 is 12.0 Å². The second-order valence-electron chi connectivity index (χ2n) is 9.72. The van der Waals surface area contributed by atoms with Crippen molar-refractivity contribution in [3.63, 3.8) is 0 Å². The third-order valence-corrected chi connectivity index (χ3v) is 7.58. The van der Waals surface area contributed by atoms with Crippen molar-refractivity contribution in [1.82, 2.24) is 14.4 Å². The van der Waals surface area contributed by atoms with Gasteiger partial charge in [0.25, 0.3) is 5.91 Å². The third kappa shape index (κ3) is 3.80. The number of aryl methyl sites for hydroxylation is 1. The average molecular weight is 460 g/mol. The number of piperidine rings is 1. The van der Waals surface area contributed by atoms with Crippen LogP contribution in [0.25, 0.3) is 10.9 Å². The minimum atomic E-state index is -0.454. The lowest BCUT2D eigenvalue weighted by molar-refractivity contribution is -0.136. The van der Waals surface area contributed by atoms with E-state index in [1.165, 1.54) is 0 Å². The van der Waals surface area contributed by atoms with E-state index in [9.17, 15) is 9.59 Å². The van der Waals surface area contributed by atoms with Crippen LogP contribution in [0.5, 0.6) is 0 Å². The Kier molecular flexibility index (Phi) is 6.17. The molecule has 2 amide bonds. The number of aromatic nitrogens is 1.